The first-order chi connectivity index (χ1) is 8.27. The molecule has 2 aromatic rings. The Kier molecular flexibility index (Phi) is 2.88. The number of halogens is 2. The van der Waals surface area contributed by atoms with Crippen LogP contribution < -0.4 is 0 Å². The van der Waals surface area contributed by atoms with E-state index in [1.54, 1.807) is 16.9 Å². The van der Waals surface area contributed by atoms with Crippen molar-refractivity contribution in [3.8, 4) is 0 Å². The van der Waals surface area contributed by atoms with Crippen LogP contribution in [0.25, 0.3) is 10.9 Å². The van der Waals surface area contributed by atoms with Crippen molar-refractivity contribution in [1.82, 2.24) is 9.78 Å². The van der Waals surface area contributed by atoms with Crippen molar-refractivity contribution in [2.75, 3.05) is 6.61 Å². The third-order valence-corrected chi connectivity index (χ3v) is 3.83. The number of hydrogen-bond acceptors (Lipinski definition) is 2. The highest BCUT2D eigenvalue weighted by Crippen LogP contribution is 2.31. The number of nitrogens with zero attached hydrogens (tertiary/aromatic N) is 2. The van der Waals surface area contributed by atoms with Crippen molar-refractivity contribution >= 4 is 26.8 Å². The maximum atomic E-state index is 13.5. The Morgan fingerprint density at radius 3 is 3.06 bits per heavy atom. The van der Waals surface area contributed by atoms with Gasteiger partial charge >= 0.3 is 0 Å². The van der Waals surface area contributed by atoms with E-state index in [4.69, 9.17) is 4.74 Å². The fourth-order valence-corrected chi connectivity index (χ4v) is 2.75. The van der Waals surface area contributed by atoms with E-state index in [0.29, 0.717) is 4.47 Å². The lowest BCUT2D eigenvalue weighted by molar-refractivity contribution is -0.0367. The van der Waals surface area contributed by atoms with Gasteiger partial charge in [-0.3, -0.25) is 0 Å². The third kappa shape index (κ3) is 1.87. The molecular formula is C12H12BrFN2O. The van der Waals surface area contributed by atoms with Crippen LogP contribution in [-0.4, -0.2) is 16.4 Å². The van der Waals surface area contributed by atoms with Gasteiger partial charge in [-0.05, 0) is 47.3 Å². The van der Waals surface area contributed by atoms with Gasteiger partial charge in [0.1, 0.15) is 5.82 Å². The zero-order chi connectivity index (χ0) is 11.8. The van der Waals surface area contributed by atoms with Crippen LogP contribution in [0.5, 0.6) is 0 Å². The lowest BCUT2D eigenvalue weighted by atomic mass is 10.2. The molecule has 0 radical (unpaired) electrons. The summed E-state index contributed by atoms with van der Waals surface area (Å²) in [5, 5.41) is 5.24. The molecule has 1 aliphatic heterocycles. The Balaban J connectivity index is 2.12. The highest BCUT2D eigenvalue weighted by atomic mass is 79.9. The molecule has 1 aromatic heterocycles. The highest BCUT2D eigenvalue weighted by molar-refractivity contribution is 9.10. The zero-order valence-electron chi connectivity index (χ0n) is 9.20. The van der Waals surface area contributed by atoms with Crippen LogP contribution >= 0.6 is 15.9 Å². The van der Waals surface area contributed by atoms with Gasteiger partial charge in [-0.1, -0.05) is 0 Å². The van der Waals surface area contributed by atoms with Crippen LogP contribution in [0, 0.1) is 5.82 Å². The van der Waals surface area contributed by atoms with Crippen molar-refractivity contribution in [1.29, 1.82) is 0 Å². The molecule has 1 atom stereocenters. The van der Waals surface area contributed by atoms with Crippen molar-refractivity contribution in [2.45, 2.75) is 25.5 Å². The summed E-state index contributed by atoms with van der Waals surface area (Å²) in [7, 11) is 0. The molecule has 0 saturated carbocycles. The molecule has 0 aliphatic carbocycles. The molecule has 3 nitrogen and oxygen atoms in total. The summed E-state index contributed by atoms with van der Waals surface area (Å²) >= 11 is 3.29. The van der Waals surface area contributed by atoms with Crippen LogP contribution in [0.3, 0.4) is 0 Å². The Morgan fingerprint density at radius 1 is 1.41 bits per heavy atom. The van der Waals surface area contributed by atoms with E-state index in [1.807, 2.05) is 0 Å². The van der Waals surface area contributed by atoms with Gasteiger partial charge in [-0.2, -0.15) is 5.10 Å². The van der Waals surface area contributed by atoms with E-state index in [-0.39, 0.29) is 12.0 Å². The number of benzene rings is 1. The molecule has 1 aromatic carbocycles. The summed E-state index contributed by atoms with van der Waals surface area (Å²) in [5.41, 5.74) is 0.775. The predicted molar refractivity (Wildman–Crippen MR) is 66.2 cm³/mol. The largest absolute Gasteiger partial charge is 0.356 e. The molecule has 0 N–H and O–H groups in total. The molecule has 2 heterocycles. The first kappa shape index (κ1) is 11.2. The second kappa shape index (κ2) is 4.38. The van der Waals surface area contributed by atoms with Crippen molar-refractivity contribution in [3.63, 3.8) is 0 Å². The summed E-state index contributed by atoms with van der Waals surface area (Å²) in [6, 6.07) is 3.18. The maximum absolute atomic E-state index is 13.5. The minimum Gasteiger partial charge on any atom is -0.356 e. The van der Waals surface area contributed by atoms with Gasteiger partial charge in [-0.25, -0.2) is 9.07 Å². The molecule has 1 saturated heterocycles. The van der Waals surface area contributed by atoms with E-state index in [0.717, 1.165) is 36.8 Å². The molecule has 17 heavy (non-hydrogen) atoms. The predicted octanol–water partition coefficient (Wildman–Crippen LogP) is 3.64. The maximum Gasteiger partial charge on any atom is 0.150 e. The SMILES string of the molecule is Fc1ccc2cnn(C3CCCCO3)c2c1Br. The topological polar surface area (TPSA) is 27.1 Å². The average Bonchev–Trinajstić information content (AvgIpc) is 2.79. The molecule has 1 unspecified atom stereocenters. The standard InChI is InChI=1S/C12H12BrFN2O/c13-11-9(14)5-4-8-7-15-16(12(8)11)10-3-1-2-6-17-10/h4-5,7,10H,1-3,6H2. The smallest absolute Gasteiger partial charge is 0.150 e. The fourth-order valence-electron chi connectivity index (χ4n) is 2.21. The minimum absolute atomic E-state index is 0.0700. The van der Waals surface area contributed by atoms with Gasteiger partial charge in [-0.15, -0.1) is 0 Å². The van der Waals surface area contributed by atoms with Crippen LogP contribution in [0.4, 0.5) is 4.39 Å². The fraction of sp³-hybridized carbons (Fsp3) is 0.417. The summed E-state index contributed by atoms with van der Waals surface area (Å²) < 4.78 is 21.5. The van der Waals surface area contributed by atoms with Crippen LogP contribution in [0.15, 0.2) is 22.8 Å². The van der Waals surface area contributed by atoms with Crippen molar-refractivity contribution in [3.05, 3.63) is 28.6 Å². The van der Waals surface area contributed by atoms with E-state index in [2.05, 4.69) is 21.0 Å². The zero-order valence-corrected chi connectivity index (χ0v) is 10.8. The van der Waals surface area contributed by atoms with Gasteiger partial charge < -0.3 is 4.74 Å². The molecule has 1 aliphatic rings. The van der Waals surface area contributed by atoms with Gasteiger partial charge in [0.25, 0.3) is 0 Å². The lowest BCUT2D eigenvalue weighted by Crippen LogP contribution is -2.19. The van der Waals surface area contributed by atoms with Gasteiger partial charge in [0.2, 0.25) is 0 Å². The molecule has 3 rings (SSSR count). The Labute approximate surface area is 107 Å². The number of rotatable bonds is 1. The molecule has 1 fully saturated rings. The monoisotopic (exact) mass is 298 g/mol. The molecule has 0 amide bonds. The second-order valence-corrected chi connectivity index (χ2v) is 5.00. The number of hydrogen-bond donors (Lipinski definition) is 0. The third-order valence-electron chi connectivity index (χ3n) is 3.08. The van der Waals surface area contributed by atoms with Gasteiger partial charge in [0.15, 0.2) is 6.23 Å². The van der Waals surface area contributed by atoms with E-state index >= 15 is 0 Å². The van der Waals surface area contributed by atoms with Crippen LogP contribution in [0.2, 0.25) is 0 Å². The average molecular weight is 299 g/mol. The summed E-state index contributed by atoms with van der Waals surface area (Å²) in [6.45, 7) is 0.749. The molecule has 5 heteroatoms. The Bertz CT molecular complexity index is 549. The second-order valence-electron chi connectivity index (χ2n) is 4.21. The number of fused-ring (bicyclic) bond motifs is 1. The Hall–Kier alpha value is -0.940. The number of aromatic nitrogens is 2. The van der Waals surface area contributed by atoms with Gasteiger partial charge in [0, 0.05) is 12.0 Å². The first-order valence-electron chi connectivity index (χ1n) is 5.70. The minimum atomic E-state index is -0.268. The van der Waals surface area contributed by atoms with Crippen LogP contribution in [-0.2, 0) is 4.74 Å². The quantitative estimate of drug-likeness (QED) is 0.804. The van der Waals surface area contributed by atoms with Crippen LogP contribution in [0.1, 0.15) is 25.5 Å². The summed E-state index contributed by atoms with van der Waals surface area (Å²) in [4.78, 5) is 0. The number of ether oxygens (including phenoxy) is 1. The molecule has 90 valence electrons. The van der Waals surface area contributed by atoms with E-state index in [9.17, 15) is 4.39 Å². The summed E-state index contributed by atoms with van der Waals surface area (Å²) in [5.74, 6) is -0.268. The lowest BCUT2D eigenvalue weighted by Gasteiger charge is -2.23. The normalized spacial score (nSPS) is 20.9. The summed E-state index contributed by atoms with van der Waals surface area (Å²) in [6.07, 6.45) is 4.82. The van der Waals surface area contributed by atoms with Gasteiger partial charge in [0.05, 0.1) is 16.2 Å². The van der Waals surface area contributed by atoms with Crippen molar-refractivity contribution < 1.29 is 9.13 Å². The first-order valence-corrected chi connectivity index (χ1v) is 6.49. The molecular weight excluding hydrogens is 287 g/mol. The molecule has 0 bridgehead atoms. The van der Waals surface area contributed by atoms with Crippen molar-refractivity contribution in [2.24, 2.45) is 0 Å². The molecule has 0 spiro atoms. The Morgan fingerprint density at radius 2 is 2.29 bits per heavy atom. The highest BCUT2D eigenvalue weighted by Gasteiger charge is 2.20. The van der Waals surface area contributed by atoms with E-state index < -0.39 is 0 Å². The van der Waals surface area contributed by atoms with E-state index in [1.165, 1.54) is 6.07 Å².